The maximum absolute atomic E-state index is 13.0. The Labute approximate surface area is 125 Å². The number of halogens is 1. The molecule has 1 unspecified atom stereocenters. The number of nitrogen functional groups attached to an aromatic ring is 1. The molecule has 0 spiro atoms. The molecule has 2 rings (SSSR count). The molecular formula is C16H24FN3O. The summed E-state index contributed by atoms with van der Waals surface area (Å²) in [6.45, 7) is 6.04. The first-order valence-electron chi connectivity index (χ1n) is 7.62. The fraction of sp³-hybridized carbons (Fsp3) is 0.562. The second-order valence-electron chi connectivity index (χ2n) is 5.91. The molecule has 1 amide bonds. The van der Waals surface area contributed by atoms with E-state index in [1.165, 1.54) is 37.5 Å². The van der Waals surface area contributed by atoms with Crippen molar-refractivity contribution in [2.75, 3.05) is 31.9 Å². The van der Waals surface area contributed by atoms with E-state index in [1.54, 1.807) is 0 Å². The van der Waals surface area contributed by atoms with Gasteiger partial charge in [0.15, 0.2) is 0 Å². The molecule has 5 heteroatoms. The van der Waals surface area contributed by atoms with Crippen molar-refractivity contribution in [1.82, 2.24) is 10.2 Å². The molecule has 1 saturated heterocycles. The van der Waals surface area contributed by atoms with Gasteiger partial charge >= 0.3 is 0 Å². The average molecular weight is 293 g/mol. The van der Waals surface area contributed by atoms with Gasteiger partial charge in [0.2, 0.25) is 0 Å². The Morgan fingerprint density at radius 1 is 1.38 bits per heavy atom. The van der Waals surface area contributed by atoms with Crippen LogP contribution >= 0.6 is 0 Å². The van der Waals surface area contributed by atoms with E-state index in [-0.39, 0.29) is 11.6 Å². The van der Waals surface area contributed by atoms with Crippen molar-refractivity contribution >= 4 is 11.6 Å². The summed E-state index contributed by atoms with van der Waals surface area (Å²) in [5.74, 6) is -0.283. The summed E-state index contributed by atoms with van der Waals surface area (Å²) in [4.78, 5) is 14.5. The summed E-state index contributed by atoms with van der Waals surface area (Å²) in [7, 11) is 0. The number of nitrogens with two attached hydrogens (primary N) is 1. The van der Waals surface area contributed by atoms with Gasteiger partial charge in [-0.25, -0.2) is 4.39 Å². The minimum atomic E-state index is -0.428. The van der Waals surface area contributed by atoms with Gasteiger partial charge in [0.25, 0.3) is 5.91 Å². The molecule has 0 aromatic heterocycles. The highest BCUT2D eigenvalue weighted by Gasteiger charge is 2.15. The standard InChI is InChI=1S/C16H24FN3O/c1-12(11-20-7-3-2-4-8-20)10-19-16(21)14-6-5-13(17)9-15(14)18/h5-6,9,12H,2-4,7-8,10-11,18H2,1H3,(H,19,21). The molecule has 1 aromatic rings. The Kier molecular flexibility index (Phi) is 5.56. The van der Waals surface area contributed by atoms with E-state index >= 15 is 0 Å². The van der Waals surface area contributed by atoms with Gasteiger partial charge in [0.05, 0.1) is 5.56 Å². The number of likely N-dealkylation sites (tertiary alicyclic amines) is 1. The zero-order valence-corrected chi connectivity index (χ0v) is 12.6. The van der Waals surface area contributed by atoms with Crippen molar-refractivity contribution in [1.29, 1.82) is 0 Å². The van der Waals surface area contributed by atoms with Crippen molar-refractivity contribution < 1.29 is 9.18 Å². The predicted molar refractivity (Wildman–Crippen MR) is 82.6 cm³/mol. The lowest BCUT2D eigenvalue weighted by Crippen LogP contribution is -2.38. The normalized spacial score (nSPS) is 17.4. The fourth-order valence-corrected chi connectivity index (χ4v) is 2.75. The van der Waals surface area contributed by atoms with Crippen molar-refractivity contribution in [2.45, 2.75) is 26.2 Å². The number of amides is 1. The molecule has 3 N–H and O–H groups in total. The summed E-state index contributed by atoms with van der Waals surface area (Å²) < 4.78 is 13.0. The third-order valence-corrected chi connectivity index (χ3v) is 3.89. The summed E-state index contributed by atoms with van der Waals surface area (Å²) in [6, 6.07) is 3.85. The van der Waals surface area contributed by atoms with E-state index in [9.17, 15) is 9.18 Å². The lowest BCUT2D eigenvalue weighted by Gasteiger charge is -2.29. The van der Waals surface area contributed by atoms with Crippen LogP contribution < -0.4 is 11.1 Å². The number of carbonyl (C=O) groups is 1. The molecule has 116 valence electrons. The van der Waals surface area contributed by atoms with Gasteiger partial charge in [0.1, 0.15) is 5.82 Å². The molecule has 1 aliphatic heterocycles. The second kappa shape index (κ2) is 7.41. The number of hydrogen-bond acceptors (Lipinski definition) is 3. The number of benzene rings is 1. The van der Waals surface area contributed by atoms with Crippen LogP contribution in [0.1, 0.15) is 36.5 Å². The molecule has 4 nitrogen and oxygen atoms in total. The van der Waals surface area contributed by atoms with Crippen LogP contribution in [0.3, 0.4) is 0 Å². The number of rotatable bonds is 5. The Bertz CT molecular complexity index is 486. The molecule has 1 aliphatic rings. The molecule has 1 aromatic carbocycles. The monoisotopic (exact) mass is 293 g/mol. The third-order valence-electron chi connectivity index (χ3n) is 3.89. The Hall–Kier alpha value is -1.62. The van der Waals surface area contributed by atoms with Crippen LogP contribution in [-0.4, -0.2) is 37.0 Å². The van der Waals surface area contributed by atoms with Crippen LogP contribution in [0.25, 0.3) is 0 Å². The highest BCUT2D eigenvalue weighted by atomic mass is 19.1. The van der Waals surface area contributed by atoms with Crippen LogP contribution in [0.5, 0.6) is 0 Å². The average Bonchev–Trinajstić information content (AvgIpc) is 2.46. The largest absolute Gasteiger partial charge is 0.398 e. The highest BCUT2D eigenvalue weighted by molar-refractivity contribution is 5.99. The zero-order valence-electron chi connectivity index (χ0n) is 12.6. The Morgan fingerprint density at radius 3 is 2.76 bits per heavy atom. The van der Waals surface area contributed by atoms with E-state index < -0.39 is 5.82 Å². The summed E-state index contributed by atoms with van der Waals surface area (Å²) in [5.41, 5.74) is 6.18. The maximum atomic E-state index is 13.0. The topological polar surface area (TPSA) is 58.4 Å². The molecule has 0 saturated carbocycles. The summed E-state index contributed by atoms with van der Waals surface area (Å²) in [6.07, 6.45) is 3.86. The van der Waals surface area contributed by atoms with Gasteiger partial charge in [-0.05, 0) is 50.0 Å². The molecule has 0 bridgehead atoms. The number of nitrogens with zero attached hydrogens (tertiary/aromatic N) is 1. The van der Waals surface area contributed by atoms with Crippen LogP contribution in [-0.2, 0) is 0 Å². The van der Waals surface area contributed by atoms with E-state index in [2.05, 4.69) is 17.1 Å². The minimum Gasteiger partial charge on any atom is -0.398 e. The van der Waals surface area contributed by atoms with E-state index in [0.29, 0.717) is 18.0 Å². The van der Waals surface area contributed by atoms with Crippen molar-refractivity contribution in [3.05, 3.63) is 29.6 Å². The highest BCUT2D eigenvalue weighted by Crippen LogP contribution is 2.14. The van der Waals surface area contributed by atoms with E-state index in [0.717, 1.165) is 19.6 Å². The molecule has 1 atom stereocenters. The van der Waals surface area contributed by atoms with Gasteiger partial charge in [0, 0.05) is 18.8 Å². The van der Waals surface area contributed by atoms with Gasteiger partial charge < -0.3 is 16.0 Å². The quantitative estimate of drug-likeness (QED) is 0.819. The summed E-state index contributed by atoms with van der Waals surface area (Å²) in [5, 5.41) is 2.88. The molecule has 1 heterocycles. The molecular weight excluding hydrogens is 269 g/mol. The van der Waals surface area contributed by atoms with Crippen molar-refractivity contribution in [2.24, 2.45) is 5.92 Å². The molecule has 21 heavy (non-hydrogen) atoms. The smallest absolute Gasteiger partial charge is 0.253 e. The Morgan fingerprint density at radius 2 is 2.10 bits per heavy atom. The van der Waals surface area contributed by atoms with E-state index in [4.69, 9.17) is 5.73 Å². The lowest BCUT2D eigenvalue weighted by molar-refractivity contribution is 0.0943. The first-order valence-corrected chi connectivity index (χ1v) is 7.62. The molecule has 0 radical (unpaired) electrons. The van der Waals surface area contributed by atoms with Crippen LogP contribution in [0.15, 0.2) is 18.2 Å². The molecule has 0 aliphatic carbocycles. The second-order valence-corrected chi connectivity index (χ2v) is 5.91. The fourth-order valence-electron chi connectivity index (χ4n) is 2.75. The molecule has 1 fully saturated rings. The SMILES string of the molecule is CC(CNC(=O)c1ccc(F)cc1N)CN1CCCCC1. The van der Waals surface area contributed by atoms with Gasteiger partial charge in [-0.2, -0.15) is 0 Å². The first kappa shape index (κ1) is 15.8. The minimum absolute atomic E-state index is 0.177. The number of piperidine rings is 1. The van der Waals surface area contributed by atoms with Crippen LogP contribution in [0.2, 0.25) is 0 Å². The summed E-state index contributed by atoms with van der Waals surface area (Å²) >= 11 is 0. The van der Waals surface area contributed by atoms with Crippen LogP contribution in [0, 0.1) is 11.7 Å². The maximum Gasteiger partial charge on any atom is 0.253 e. The predicted octanol–water partition coefficient (Wildman–Crippen LogP) is 2.26. The van der Waals surface area contributed by atoms with Gasteiger partial charge in [-0.1, -0.05) is 13.3 Å². The van der Waals surface area contributed by atoms with Crippen LogP contribution in [0.4, 0.5) is 10.1 Å². The van der Waals surface area contributed by atoms with Gasteiger partial charge in [-0.3, -0.25) is 4.79 Å². The third kappa shape index (κ3) is 4.70. The van der Waals surface area contributed by atoms with E-state index in [1.807, 2.05) is 0 Å². The van der Waals surface area contributed by atoms with Crippen molar-refractivity contribution in [3.63, 3.8) is 0 Å². The number of hydrogen-bond donors (Lipinski definition) is 2. The first-order chi connectivity index (χ1) is 10.1. The van der Waals surface area contributed by atoms with Crippen molar-refractivity contribution in [3.8, 4) is 0 Å². The zero-order chi connectivity index (χ0) is 15.2. The number of nitrogens with one attached hydrogen (secondary N) is 1. The Balaban J connectivity index is 1.80. The lowest BCUT2D eigenvalue weighted by atomic mass is 10.1. The number of anilines is 1. The van der Waals surface area contributed by atoms with Gasteiger partial charge in [-0.15, -0.1) is 0 Å². The number of carbonyl (C=O) groups excluding carboxylic acids is 1.